The van der Waals surface area contributed by atoms with Crippen LogP contribution in [0.5, 0.6) is 5.75 Å². The lowest BCUT2D eigenvalue weighted by Gasteiger charge is -2.19. The van der Waals surface area contributed by atoms with Gasteiger partial charge in [-0.15, -0.1) is 0 Å². The number of ether oxygens (including phenoxy) is 1. The van der Waals surface area contributed by atoms with Crippen LogP contribution in [0.4, 0.5) is 5.69 Å². The lowest BCUT2D eigenvalue weighted by atomic mass is 10.2. The summed E-state index contributed by atoms with van der Waals surface area (Å²) >= 11 is 5.98. The second kappa shape index (κ2) is 7.21. The third kappa shape index (κ3) is 4.29. The van der Waals surface area contributed by atoms with Crippen molar-refractivity contribution in [3.8, 4) is 5.75 Å². The molecule has 0 atom stereocenters. The molecule has 0 saturated heterocycles. The van der Waals surface area contributed by atoms with Gasteiger partial charge >= 0.3 is 5.97 Å². The van der Waals surface area contributed by atoms with Crippen molar-refractivity contribution in [3.05, 3.63) is 22.7 Å². The molecule has 0 bridgehead atoms. The number of nitrogens with zero attached hydrogens (tertiary/aromatic N) is 1. The van der Waals surface area contributed by atoms with Gasteiger partial charge in [0.25, 0.3) is 0 Å². The van der Waals surface area contributed by atoms with Gasteiger partial charge in [0.1, 0.15) is 12.2 Å². The van der Waals surface area contributed by atoms with Gasteiger partial charge in [0.15, 0.2) is 5.75 Å². The van der Waals surface area contributed by atoms with Crippen molar-refractivity contribution in [1.82, 2.24) is 4.90 Å². The molecule has 0 fully saturated rings. The van der Waals surface area contributed by atoms with Gasteiger partial charge in [0.05, 0.1) is 5.02 Å². The summed E-state index contributed by atoms with van der Waals surface area (Å²) in [5.41, 5.74) is 5.87. The molecule has 5 nitrogen and oxygen atoms in total. The minimum Gasteiger partial charge on any atom is -0.490 e. The van der Waals surface area contributed by atoms with Gasteiger partial charge in [-0.3, -0.25) is 0 Å². The number of carboxylic acids is 1. The predicted molar refractivity (Wildman–Crippen MR) is 76.1 cm³/mol. The maximum atomic E-state index is 11.1. The minimum atomic E-state index is -1.10. The highest BCUT2D eigenvalue weighted by atomic mass is 35.5. The van der Waals surface area contributed by atoms with E-state index in [1.54, 1.807) is 0 Å². The van der Waals surface area contributed by atoms with Gasteiger partial charge in [0, 0.05) is 12.2 Å². The fourth-order valence-electron chi connectivity index (χ4n) is 1.74. The smallest absolute Gasteiger partial charge is 0.339 e. The Morgan fingerprint density at radius 2 is 2.05 bits per heavy atom. The summed E-state index contributed by atoms with van der Waals surface area (Å²) < 4.78 is 5.51. The molecule has 0 aromatic heterocycles. The lowest BCUT2D eigenvalue weighted by molar-refractivity contribution is 0.0691. The summed E-state index contributed by atoms with van der Waals surface area (Å²) in [5.74, 6) is -0.928. The predicted octanol–water partition coefficient (Wildman–Crippen LogP) is 2.34. The molecule has 1 aromatic carbocycles. The van der Waals surface area contributed by atoms with E-state index in [-0.39, 0.29) is 16.3 Å². The Labute approximate surface area is 117 Å². The van der Waals surface area contributed by atoms with Crippen LogP contribution in [0.15, 0.2) is 12.1 Å². The van der Waals surface area contributed by atoms with Crippen LogP contribution in [0.2, 0.25) is 5.02 Å². The van der Waals surface area contributed by atoms with E-state index in [0.29, 0.717) is 18.8 Å². The number of benzene rings is 1. The van der Waals surface area contributed by atoms with Crippen molar-refractivity contribution < 1.29 is 14.6 Å². The summed E-state index contributed by atoms with van der Waals surface area (Å²) in [4.78, 5) is 13.3. The van der Waals surface area contributed by atoms with Gasteiger partial charge in [-0.1, -0.05) is 25.4 Å². The number of hydrogen-bond acceptors (Lipinski definition) is 4. The molecule has 0 aliphatic heterocycles. The molecule has 0 saturated carbocycles. The van der Waals surface area contributed by atoms with E-state index >= 15 is 0 Å². The molecule has 0 radical (unpaired) electrons. The Morgan fingerprint density at radius 1 is 1.42 bits per heavy atom. The first-order valence-corrected chi connectivity index (χ1v) is 6.54. The highest BCUT2D eigenvalue weighted by Gasteiger charge is 2.16. The van der Waals surface area contributed by atoms with E-state index in [2.05, 4.69) is 18.7 Å². The normalized spacial score (nSPS) is 10.7. The van der Waals surface area contributed by atoms with Crippen LogP contribution < -0.4 is 10.5 Å². The van der Waals surface area contributed by atoms with Gasteiger partial charge in [-0.25, -0.2) is 4.79 Å². The summed E-state index contributed by atoms with van der Waals surface area (Å²) in [6.07, 6.45) is 0. The largest absolute Gasteiger partial charge is 0.490 e. The molecule has 0 spiro atoms. The number of aromatic carboxylic acids is 1. The Hall–Kier alpha value is -1.46. The van der Waals surface area contributed by atoms with Gasteiger partial charge in [0.2, 0.25) is 0 Å². The molecule has 1 aromatic rings. The number of hydrogen-bond donors (Lipinski definition) is 2. The first-order chi connectivity index (χ1) is 8.99. The highest BCUT2D eigenvalue weighted by molar-refractivity contribution is 6.33. The van der Waals surface area contributed by atoms with Crippen LogP contribution in [-0.4, -0.2) is 42.2 Å². The van der Waals surface area contributed by atoms with Gasteiger partial charge in [-0.2, -0.15) is 0 Å². The molecule has 0 heterocycles. The molecule has 19 heavy (non-hydrogen) atoms. The zero-order valence-electron chi connectivity index (χ0n) is 11.1. The Bertz CT molecular complexity index is 448. The van der Waals surface area contributed by atoms with Gasteiger partial charge in [-0.05, 0) is 25.2 Å². The van der Waals surface area contributed by atoms with E-state index in [9.17, 15) is 4.79 Å². The third-order valence-electron chi connectivity index (χ3n) is 2.84. The second-order valence-corrected chi connectivity index (χ2v) is 4.47. The zero-order valence-corrected chi connectivity index (χ0v) is 11.9. The molecule has 1 rings (SSSR count). The van der Waals surface area contributed by atoms with Crippen molar-refractivity contribution in [3.63, 3.8) is 0 Å². The van der Waals surface area contributed by atoms with Crippen LogP contribution in [0.3, 0.4) is 0 Å². The first-order valence-electron chi connectivity index (χ1n) is 6.17. The molecule has 0 aliphatic rings. The van der Waals surface area contributed by atoms with Crippen LogP contribution in [0.25, 0.3) is 0 Å². The Balaban J connectivity index is 2.80. The Morgan fingerprint density at radius 3 is 2.58 bits per heavy atom. The zero-order chi connectivity index (χ0) is 14.4. The number of likely N-dealkylation sites (N-methyl/N-ethyl adjacent to an activating group) is 1. The standard InChI is InChI=1S/C13H19ClN2O3/c1-3-16(4-2)5-6-19-12-10(13(17)18)7-9(15)8-11(12)14/h7-8H,3-6,15H2,1-2H3,(H,17,18). The van der Waals surface area contributed by atoms with Crippen LogP contribution in [-0.2, 0) is 0 Å². The maximum Gasteiger partial charge on any atom is 0.339 e. The van der Waals surface area contributed by atoms with Crippen LogP contribution >= 0.6 is 11.6 Å². The van der Waals surface area contributed by atoms with Crippen LogP contribution in [0, 0.1) is 0 Å². The average molecular weight is 287 g/mol. The molecule has 6 heteroatoms. The van der Waals surface area contributed by atoms with Crippen molar-refractivity contribution in [2.24, 2.45) is 0 Å². The summed E-state index contributed by atoms with van der Waals surface area (Å²) in [5, 5.41) is 9.33. The van der Waals surface area contributed by atoms with Crippen molar-refractivity contribution in [2.45, 2.75) is 13.8 Å². The summed E-state index contributed by atoms with van der Waals surface area (Å²) in [6, 6.07) is 2.84. The number of anilines is 1. The number of nitrogens with two attached hydrogens (primary N) is 1. The fourth-order valence-corrected chi connectivity index (χ4v) is 2.02. The Kier molecular flexibility index (Phi) is 5.92. The van der Waals surface area contributed by atoms with E-state index in [0.717, 1.165) is 13.1 Å². The van der Waals surface area contributed by atoms with Crippen molar-refractivity contribution in [1.29, 1.82) is 0 Å². The second-order valence-electron chi connectivity index (χ2n) is 4.06. The minimum absolute atomic E-state index is 0.00968. The van der Waals surface area contributed by atoms with E-state index in [1.165, 1.54) is 12.1 Å². The first kappa shape index (κ1) is 15.6. The van der Waals surface area contributed by atoms with Crippen molar-refractivity contribution in [2.75, 3.05) is 32.0 Å². The highest BCUT2D eigenvalue weighted by Crippen LogP contribution is 2.31. The average Bonchev–Trinajstić information content (AvgIpc) is 2.36. The maximum absolute atomic E-state index is 11.1. The molecule has 3 N–H and O–H groups in total. The third-order valence-corrected chi connectivity index (χ3v) is 3.13. The lowest BCUT2D eigenvalue weighted by Crippen LogP contribution is -2.28. The van der Waals surface area contributed by atoms with Crippen molar-refractivity contribution >= 4 is 23.3 Å². The van der Waals surface area contributed by atoms with E-state index in [4.69, 9.17) is 27.2 Å². The topological polar surface area (TPSA) is 75.8 Å². The molecule has 106 valence electrons. The number of nitrogen functional groups attached to an aromatic ring is 1. The van der Waals surface area contributed by atoms with E-state index < -0.39 is 5.97 Å². The summed E-state index contributed by atoms with van der Waals surface area (Å²) in [6.45, 7) is 7.05. The SMILES string of the molecule is CCN(CC)CCOc1c(Cl)cc(N)cc1C(=O)O. The molecule has 0 amide bonds. The van der Waals surface area contributed by atoms with Crippen LogP contribution in [0.1, 0.15) is 24.2 Å². The molecule has 0 aliphatic carbocycles. The molecular formula is C13H19ClN2O3. The fraction of sp³-hybridized carbons (Fsp3) is 0.462. The quantitative estimate of drug-likeness (QED) is 0.753. The van der Waals surface area contributed by atoms with E-state index in [1.807, 2.05) is 0 Å². The number of carbonyl (C=O) groups is 1. The summed E-state index contributed by atoms with van der Waals surface area (Å²) in [7, 11) is 0. The number of carboxylic acid groups (broad SMARTS) is 1. The number of halogens is 1. The molecular weight excluding hydrogens is 268 g/mol. The monoisotopic (exact) mass is 286 g/mol. The number of rotatable bonds is 7. The molecule has 0 unspecified atom stereocenters. The van der Waals surface area contributed by atoms with Gasteiger partial charge < -0.3 is 20.5 Å².